The lowest BCUT2D eigenvalue weighted by atomic mass is 10.2. The molecule has 0 fully saturated rings. The summed E-state index contributed by atoms with van der Waals surface area (Å²) in [5, 5.41) is 3.37. The van der Waals surface area contributed by atoms with Gasteiger partial charge in [0, 0.05) is 12.7 Å². The van der Waals surface area contributed by atoms with Crippen LogP contribution in [0.2, 0.25) is 0 Å². The third-order valence-electron chi connectivity index (χ3n) is 4.64. The molecule has 0 aliphatic carbocycles. The zero-order valence-corrected chi connectivity index (χ0v) is 15.9. The molecule has 0 aliphatic heterocycles. The van der Waals surface area contributed by atoms with Crippen molar-refractivity contribution in [1.82, 2.24) is 19.7 Å². The number of nitrogens with zero attached hydrogens (tertiary/aromatic N) is 3. The highest BCUT2D eigenvalue weighted by atomic mass is 16.5. The summed E-state index contributed by atoms with van der Waals surface area (Å²) in [6.45, 7) is 0.353. The highest BCUT2D eigenvalue weighted by Crippen LogP contribution is 2.14. The number of ether oxygens (including phenoxy) is 1. The normalized spacial score (nSPS) is 10.8. The lowest BCUT2D eigenvalue weighted by Gasteiger charge is -2.12. The molecule has 2 heterocycles. The number of aromatic nitrogens is 3. The number of para-hydroxylation sites is 1. The van der Waals surface area contributed by atoms with Gasteiger partial charge in [0.15, 0.2) is 5.65 Å². The monoisotopic (exact) mass is 388 g/mol. The molecule has 29 heavy (non-hydrogen) atoms. The molecule has 1 N–H and O–H groups in total. The van der Waals surface area contributed by atoms with Crippen LogP contribution in [0, 0.1) is 0 Å². The van der Waals surface area contributed by atoms with Gasteiger partial charge in [-0.3, -0.25) is 14.3 Å². The van der Waals surface area contributed by atoms with Crippen LogP contribution in [0.3, 0.4) is 0 Å². The topological polar surface area (TPSA) is 78.2 Å². The Hall–Kier alpha value is -3.87. The Bertz CT molecular complexity index is 1190. The molecule has 7 heteroatoms. The lowest BCUT2D eigenvalue weighted by molar-refractivity contribution is -0.122. The number of benzene rings is 2. The second-order valence-corrected chi connectivity index (χ2v) is 6.51. The standard InChI is InChI=1S/C22H20N4O3/c1-29-18-11-9-16(10-12-18)14-24-20(27)15-25-21-19(8-5-13-23-21)22(28)26(25)17-6-3-2-4-7-17/h2-13H,14-15H2,1H3,(H,24,27). The molecule has 1 amide bonds. The van der Waals surface area contributed by atoms with Gasteiger partial charge in [-0.15, -0.1) is 0 Å². The zero-order valence-electron chi connectivity index (χ0n) is 15.9. The van der Waals surface area contributed by atoms with Crippen LogP contribution < -0.4 is 15.6 Å². The number of carbonyl (C=O) groups is 1. The Kier molecular flexibility index (Phi) is 5.11. The largest absolute Gasteiger partial charge is 0.497 e. The molecule has 2 aromatic carbocycles. The van der Waals surface area contributed by atoms with Gasteiger partial charge in [0.2, 0.25) is 5.91 Å². The van der Waals surface area contributed by atoms with Gasteiger partial charge in [-0.25, -0.2) is 9.67 Å². The number of rotatable bonds is 6. The summed E-state index contributed by atoms with van der Waals surface area (Å²) in [5.41, 5.74) is 1.90. The Morgan fingerprint density at radius 1 is 1.03 bits per heavy atom. The maximum absolute atomic E-state index is 12.9. The molecule has 0 radical (unpaired) electrons. The van der Waals surface area contributed by atoms with Crippen LogP contribution in [0.5, 0.6) is 5.75 Å². The van der Waals surface area contributed by atoms with Crippen LogP contribution in [0.1, 0.15) is 5.56 Å². The summed E-state index contributed by atoms with van der Waals surface area (Å²) in [6.07, 6.45) is 1.61. The van der Waals surface area contributed by atoms with E-state index in [-0.39, 0.29) is 18.0 Å². The zero-order chi connectivity index (χ0) is 20.2. The predicted octanol–water partition coefficient (Wildman–Crippen LogP) is 2.51. The Morgan fingerprint density at radius 3 is 2.52 bits per heavy atom. The Balaban J connectivity index is 1.61. The van der Waals surface area contributed by atoms with Crippen molar-refractivity contribution in [2.75, 3.05) is 7.11 Å². The van der Waals surface area contributed by atoms with Crippen molar-refractivity contribution >= 4 is 16.9 Å². The molecule has 0 spiro atoms. The average Bonchev–Trinajstić information content (AvgIpc) is 3.05. The van der Waals surface area contributed by atoms with Crippen LogP contribution in [0.15, 0.2) is 77.7 Å². The lowest BCUT2D eigenvalue weighted by Crippen LogP contribution is -2.31. The van der Waals surface area contributed by atoms with Gasteiger partial charge >= 0.3 is 0 Å². The van der Waals surface area contributed by atoms with E-state index < -0.39 is 0 Å². The summed E-state index contributed by atoms with van der Waals surface area (Å²) < 4.78 is 8.24. The highest BCUT2D eigenvalue weighted by Gasteiger charge is 2.17. The van der Waals surface area contributed by atoms with Gasteiger partial charge in [0.1, 0.15) is 12.3 Å². The van der Waals surface area contributed by atoms with Crippen molar-refractivity contribution < 1.29 is 9.53 Å². The summed E-state index contributed by atoms with van der Waals surface area (Å²) in [4.78, 5) is 29.9. The number of hydrogen-bond acceptors (Lipinski definition) is 4. The van der Waals surface area contributed by atoms with Crippen molar-refractivity contribution in [2.45, 2.75) is 13.1 Å². The third kappa shape index (κ3) is 3.75. The summed E-state index contributed by atoms with van der Waals surface area (Å²) in [7, 11) is 1.61. The molecule has 4 aromatic rings. The number of nitrogens with one attached hydrogen (secondary N) is 1. The van der Waals surface area contributed by atoms with E-state index in [1.807, 2.05) is 54.6 Å². The molecule has 0 atom stereocenters. The van der Waals surface area contributed by atoms with Crippen LogP contribution in [-0.4, -0.2) is 27.4 Å². The van der Waals surface area contributed by atoms with Crippen LogP contribution in [0.4, 0.5) is 0 Å². The van der Waals surface area contributed by atoms with Crippen molar-refractivity contribution in [3.05, 3.63) is 88.8 Å². The van der Waals surface area contributed by atoms with Crippen molar-refractivity contribution in [1.29, 1.82) is 0 Å². The average molecular weight is 388 g/mol. The van der Waals surface area contributed by atoms with Gasteiger partial charge < -0.3 is 10.1 Å². The summed E-state index contributed by atoms with van der Waals surface area (Å²) in [6, 6.07) is 20.1. The Labute approximate surface area is 167 Å². The van der Waals surface area contributed by atoms with Gasteiger partial charge in [-0.1, -0.05) is 30.3 Å². The van der Waals surface area contributed by atoms with E-state index >= 15 is 0 Å². The predicted molar refractivity (Wildman–Crippen MR) is 110 cm³/mol. The number of hydrogen-bond donors (Lipinski definition) is 1. The van der Waals surface area contributed by atoms with Gasteiger partial charge in [0.05, 0.1) is 18.2 Å². The molecule has 0 saturated carbocycles. The summed E-state index contributed by atoms with van der Waals surface area (Å²) >= 11 is 0. The molecule has 7 nitrogen and oxygen atoms in total. The molecule has 146 valence electrons. The molecule has 0 saturated heterocycles. The molecular weight excluding hydrogens is 368 g/mol. The van der Waals surface area contributed by atoms with E-state index in [0.29, 0.717) is 23.3 Å². The SMILES string of the molecule is COc1ccc(CNC(=O)Cn2c3ncccc3c(=O)n2-c2ccccc2)cc1. The summed E-state index contributed by atoms with van der Waals surface area (Å²) in [5.74, 6) is 0.546. The number of pyridine rings is 1. The quantitative estimate of drug-likeness (QED) is 0.551. The fraction of sp³-hybridized carbons (Fsp3) is 0.136. The first kappa shape index (κ1) is 18.5. The molecule has 0 unspecified atom stereocenters. The molecule has 2 aromatic heterocycles. The molecule has 0 bridgehead atoms. The first-order chi connectivity index (χ1) is 14.2. The molecule has 4 rings (SSSR count). The van der Waals surface area contributed by atoms with Gasteiger partial charge in [0.25, 0.3) is 5.56 Å². The maximum Gasteiger partial charge on any atom is 0.280 e. The number of amides is 1. The number of methoxy groups -OCH3 is 1. The van der Waals surface area contributed by atoms with Crippen molar-refractivity contribution in [3.8, 4) is 11.4 Å². The fourth-order valence-corrected chi connectivity index (χ4v) is 3.20. The second-order valence-electron chi connectivity index (χ2n) is 6.51. The molecule has 0 aliphatic rings. The van der Waals surface area contributed by atoms with E-state index in [2.05, 4.69) is 10.3 Å². The number of carbonyl (C=O) groups excluding carboxylic acids is 1. The van der Waals surface area contributed by atoms with E-state index in [4.69, 9.17) is 4.74 Å². The van der Waals surface area contributed by atoms with Crippen molar-refractivity contribution in [3.63, 3.8) is 0 Å². The third-order valence-corrected chi connectivity index (χ3v) is 4.64. The van der Waals surface area contributed by atoms with Crippen LogP contribution in [-0.2, 0) is 17.9 Å². The highest BCUT2D eigenvalue weighted by molar-refractivity contribution is 5.80. The van der Waals surface area contributed by atoms with Gasteiger partial charge in [-0.2, -0.15) is 0 Å². The van der Waals surface area contributed by atoms with E-state index in [1.54, 1.807) is 30.1 Å². The number of fused-ring (bicyclic) bond motifs is 1. The fourth-order valence-electron chi connectivity index (χ4n) is 3.20. The van der Waals surface area contributed by atoms with Crippen molar-refractivity contribution in [2.24, 2.45) is 0 Å². The van der Waals surface area contributed by atoms with E-state index in [1.165, 1.54) is 4.68 Å². The first-order valence-corrected chi connectivity index (χ1v) is 9.19. The second kappa shape index (κ2) is 8.02. The van der Waals surface area contributed by atoms with E-state index in [0.717, 1.165) is 11.3 Å². The van der Waals surface area contributed by atoms with Gasteiger partial charge in [-0.05, 0) is 42.0 Å². The maximum atomic E-state index is 12.9. The first-order valence-electron chi connectivity index (χ1n) is 9.19. The minimum atomic E-state index is -0.215. The van der Waals surface area contributed by atoms with Crippen LogP contribution in [0.25, 0.3) is 16.7 Å². The molecular formula is C22H20N4O3. The van der Waals surface area contributed by atoms with E-state index in [9.17, 15) is 9.59 Å². The smallest absolute Gasteiger partial charge is 0.280 e. The minimum absolute atomic E-state index is 0.0270. The minimum Gasteiger partial charge on any atom is -0.497 e. The van der Waals surface area contributed by atoms with Crippen LogP contribution >= 0.6 is 0 Å². The Morgan fingerprint density at radius 2 is 1.79 bits per heavy atom.